The molecule has 144 valence electrons. The predicted molar refractivity (Wildman–Crippen MR) is 103 cm³/mol. The Morgan fingerprint density at radius 3 is 2.75 bits per heavy atom. The summed E-state index contributed by atoms with van der Waals surface area (Å²) in [7, 11) is 0. The standard InChI is InChI=1S/C18H13BrF3N5O/c1-9-10-4-2-3-5-12(10)28-7-6-23-17-26-11-8-24-15(19)14(18(20,21)22)13(11)16(25-9)27-17/h2-5,8H,1,6-7H2,(H2,23,25,26,27). The van der Waals surface area contributed by atoms with Crippen molar-refractivity contribution in [1.82, 2.24) is 15.0 Å². The van der Waals surface area contributed by atoms with Gasteiger partial charge in [0.05, 0.1) is 23.6 Å². The number of fused-ring (bicyclic) bond motifs is 5. The third-order valence-electron chi connectivity index (χ3n) is 4.10. The van der Waals surface area contributed by atoms with Crippen molar-refractivity contribution in [2.45, 2.75) is 6.18 Å². The molecule has 0 saturated carbocycles. The van der Waals surface area contributed by atoms with Crippen molar-refractivity contribution in [3.63, 3.8) is 0 Å². The fourth-order valence-electron chi connectivity index (χ4n) is 2.91. The minimum absolute atomic E-state index is 0.0235. The van der Waals surface area contributed by atoms with Gasteiger partial charge in [0.15, 0.2) is 0 Å². The Labute approximate surface area is 166 Å². The van der Waals surface area contributed by atoms with Crippen LogP contribution in [0.25, 0.3) is 16.6 Å². The van der Waals surface area contributed by atoms with Crippen LogP contribution in [-0.4, -0.2) is 28.1 Å². The Balaban J connectivity index is 1.96. The zero-order valence-electron chi connectivity index (χ0n) is 14.3. The van der Waals surface area contributed by atoms with E-state index in [-0.39, 0.29) is 27.3 Å². The fourth-order valence-corrected chi connectivity index (χ4v) is 3.43. The van der Waals surface area contributed by atoms with Crippen LogP contribution in [0.4, 0.5) is 24.9 Å². The topological polar surface area (TPSA) is 72.0 Å². The molecule has 3 heterocycles. The highest BCUT2D eigenvalue weighted by molar-refractivity contribution is 9.10. The highest BCUT2D eigenvalue weighted by Gasteiger charge is 2.37. The van der Waals surface area contributed by atoms with Gasteiger partial charge in [-0.25, -0.2) is 9.97 Å². The molecule has 10 heteroatoms. The molecular weight excluding hydrogens is 439 g/mol. The van der Waals surface area contributed by atoms with Gasteiger partial charge in [-0.15, -0.1) is 0 Å². The molecule has 0 unspecified atom stereocenters. The summed E-state index contributed by atoms with van der Waals surface area (Å²) in [5, 5.41) is 5.66. The summed E-state index contributed by atoms with van der Waals surface area (Å²) >= 11 is 2.90. The lowest BCUT2D eigenvalue weighted by Crippen LogP contribution is -2.15. The lowest BCUT2D eigenvalue weighted by molar-refractivity contribution is -0.137. The summed E-state index contributed by atoms with van der Waals surface area (Å²) in [5.41, 5.74) is 0.0759. The van der Waals surface area contributed by atoms with Crippen LogP contribution in [0.3, 0.4) is 0 Å². The van der Waals surface area contributed by atoms with Crippen LogP contribution in [0.15, 0.2) is 41.6 Å². The first-order valence-electron chi connectivity index (χ1n) is 8.20. The molecule has 0 spiro atoms. The predicted octanol–water partition coefficient (Wildman–Crippen LogP) is 4.69. The molecule has 0 atom stereocenters. The lowest BCUT2D eigenvalue weighted by atomic mass is 10.1. The molecule has 0 radical (unpaired) electrons. The summed E-state index contributed by atoms with van der Waals surface area (Å²) in [5.74, 6) is 0.701. The highest BCUT2D eigenvalue weighted by Crippen LogP contribution is 2.41. The Morgan fingerprint density at radius 1 is 1.18 bits per heavy atom. The highest BCUT2D eigenvalue weighted by atomic mass is 79.9. The molecule has 2 bridgehead atoms. The van der Waals surface area contributed by atoms with Crippen LogP contribution >= 0.6 is 15.9 Å². The second-order valence-corrected chi connectivity index (χ2v) is 6.70. The molecule has 2 aromatic heterocycles. The number of anilines is 2. The van der Waals surface area contributed by atoms with Crippen molar-refractivity contribution >= 4 is 44.3 Å². The number of pyridine rings is 1. The van der Waals surface area contributed by atoms with E-state index >= 15 is 0 Å². The van der Waals surface area contributed by atoms with E-state index in [2.05, 4.69) is 48.1 Å². The molecule has 0 saturated heterocycles. The first kappa shape index (κ1) is 18.5. The van der Waals surface area contributed by atoms with Crippen molar-refractivity contribution in [2.75, 3.05) is 23.8 Å². The maximum atomic E-state index is 13.7. The van der Waals surface area contributed by atoms with Crippen molar-refractivity contribution in [3.8, 4) is 5.75 Å². The van der Waals surface area contributed by atoms with Crippen LogP contribution in [0.5, 0.6) is 5.75 Å². The number of rotatable bonds is 0. The molecule has 3 aromatic rings. The Kier molecular flexibility index (Phi) is 4.58. The number of hydrogen-bond donors (Lipinski definition) is 2. The first-order valence-corrected chi connectivity index (χ1v) is 8.99. The van der Waals surface area contributed by atoms with E-state index in [4.69, 9.17) is 4.74 Å². The van der Waals surface area contributed by atoms with E-state index in [0.29, 0.717) is 30.2 Å². The van der Waals surface area contributed by atoms with Crippen LogP contribution in [-0.2, 0) is 6.18 Å². The molecule has 1 aromatic carbocycles. The number of alkyl halides is 3. The molecule has 0 fully saturated rings. The maximum Gasteiger partial charge on any atom is 0.419 e. The van der Waals surface area contributed by atoms with Crippen LogP contribution in [0.1, 0.15) is 11.1 Å². The minimum Gasteiger partial charge on any atom is -0.491 e. The third-order valence-corrected chi connectivity index (χ3v) is 4.70. The molecule has 0 aliphatic carbocycles. The van der Waals surface area contributed by atoms with Crippen molar-refractivity contribution < 1.29 is 17.9 Å². The van der Waals surface area contributed by atoms with Gasteiger partial charge in [-0.2, -0.15) is 18.2 Å². The molecule has 28 heavy (non-hydrogen) atoms. The van der Waals surface area contributed by atoms with Gasteiger partial charge in [-0.05, 0) is 28.1 Å². The molecule has 1 aliphatic heterocycles. The van der Waals surface area contributed by atoms with Gasteiger partial charge in [0.25, 0.3) is 0 Å². The molecular formula is C18H13BrF3N5O. The number of nitrogens with one attached hydrogen (secondary N) is 2. The lowest BCUT2D eigenvalue weighted by Gasteiger charge is -2.17. The van der Waals surface area contributed by atoms with E-state index in [0.717, 1.165) is 0 Å². The Hall–Kier alpha value is -2.88. The van der Waals surface area contributed by atoms with Gasteiger partial charge >= 0.3 is 6.18 Å². The zero-order valence-corrected chi connectivity index (χ0v) is 15.9. The van der Waals surface area contributed by atoms with Gasteiger partial charge in [-0.3, -0.25) is 0 Å². The Bertz CT molecular complexity index is 1090. The fraction of sp³-hybridized carbons (Fsp3) is 0.167. The molecule has 2 N–H and O–H groups in total. The van der Waals surface area contributed by atoms with Crippen molar-refractivity contribution in [3.05, 3.63) is 52.8 Å². The van der Waals surface area contributed by atoms with E-state index < -0.39 is 11.7 Å². The minimum atomic E-state index is -4.66. The van der Waals surface area contributed by atoms with Crippen LogP contribution < -0.4 is 15.4 Å². The monoisotopic (exact) mass is 451 g/mol. The summed E-state index contributed by atoms with van der Waals surface area (Å²) in [4.78, 5) is 12.2. The second kappa shape index (κ2) is 6.93. The van der Waals surface area contributed by atoms with E-state index in [1.165, 1.54) is 6.20 Å². The van der Waals surface area contributed by atoms with Gasteiger partial charge in [-0.1, -0.05) is 18.7 Å². The van der Waals surface area contributed by atoms with Crippen LogP contribution in [0.2, 0.25) is 0 Å². The molecule has 0 amide bonds. The quantitative estimate of drug-likeness (QED) is 0.483. The Morgan fingerprint density at radius 2 is 1.96 bits per heavy atom. The van der Waals surface area contributed by atoms with Gasteiger partial charge in [0.2, 0.25) is 5.95 Å². The second-order valence-electron chi connectivity index (χ2n) is 5.95. The number of benzene rings is 1. The number of para-hydroxylation sites is 1. The van der Waals surface area contributed by atoms with Crippen LogP contribution in [0, 0.1) is 0 Å². The SMILES string of the molecule is C=C1Nc2nc(nc3cnc(Br)c(C(F)(F)F)c23)NCCOc2ccccc21. The van der Waals surface area contributed by atoms with E-state index in [9.17, 15) is 13.2 Å². The third kappa shape index (κ3) is 3.35. The summed E-state index contributed by atoms with van der Waals surface area (Å²) in [6.45, 7) is 4.63. The normalized spacial score (nSPS) is 14.4. The summed E-state index contributed by atoms with van der Waals surface area (Å²) in [6.07, 6.45) is -3.39. The number of ether oxygens (including phenoxy) is 1. The van der Waals surface area contributed by atoms with Gasteiger partial charge in [0.1, 0.15) is 28.3 Å². The first-order chi connectivity index (χ1) is 13.3. The smallest absolute Gasteiger partial charge is 0.419 e. The number of aromatic nitrogens is 3. The number of hydrogen-bond acceptors (Lipinski definition) is 6. The molecule has 4 rings (SSSR count). The summed E-state index contributed by atoms with van der Waals surface area (Å²) in [6, 6.07) is 7.13. The number of nitrogens with zero attached hydrogens (tertiary/aromatic N) is 3. The number of halogens is 4. The maximum absolute atomic E-state index is 13.7. The van der Waals surface area contributed by atoms with Crippen molar-refractivity contribution in [2.24, 2.45) is 0 Å². The van der Waals surface area contributed by atoms with E-state index in [1.807, 2.05) is 0 Å². The average Bonchev–Trinajstić information content (AvgIpc) is 2.66. The average molecular weight is 452 g/mol. The van der Waals surface area contributed by atoms with Gasteiger partial charge < -0.3 is 15.4 Å². The largest absolute Gasteiger partial charge is 0.491 e. The van der Waals surface area contributed by atoms with Crippen molar-refractivity contribution in [1.29, 1.82) is 0 Å². The van der Waals surface area contributed by atoms with E-state index in [1.54, 1.807) is 24.3 Å². The van der Waals surface area contributed by atoms with Gasteiger partial charge in [0, 0.05) is 11.3 Å². The molecule has 6 nitrogen and oxygen atoms in total. The molecule has 1 aliphatic rings. The summed E-state index contributed by atoms with van der Waals surface area (Å²) < 4.78 is 46.6. The zero-order chi connectivity index (χ0) is 19.9.